The number of hydrogen-bond donors (Lipinski definition) is 3. The van der Waals surface area contributed by atoms with Crippen molar-refractivity contribution >= 4 is 112 Å². The average molecular weight is 1810 g/mol. The first-order chi connectivity index (χ1) is 61.8. The third-order valence-electron chi connectivity index (χ3n) is 22.1. The van der Waals surface area contributed by atoms with Gasteiger partial charge in [0.1, 0.15) is 10.4 Å². The van der Waals surface area contributed by atoms with Gasteiger partial charge in [-0.15, -0.1) is 0 Å². The Morgan fingerprint density at radius 3 is 1.26 bits per heavy atom. The summed E-state index contributed by atoms with van der Waals surface area (Å²) < 4.78 is 16.3. The van der Waals surface area contributed by atoms with Gasteiger partial charge in [0, 0.05) is 110 Å². The number of H-pyrrole nitrogens is 1. The van der Waals surface area contributed by atoms with Crippen molar-refractivity contribution in [1.29, 1.82) is 0 Å². The van der Waals surface area contributed by atoms with Crippen LogP contribution in [0, 0.1) is 13.8 Å². The maximum atomic E-state index is 8.97. The third-order valence-corrected chi connectivity index (χ3v) is 23.2. The standard InChI is InChI=1S/C50H34N6.C21H13BrClN3.C18H20BNO2.C12H12BNO2.C5H4BrN/c1-33-13-12-19-44(52-33)35-24-22-34(23-25-35)39-29-40(38-26-27-46-43(32-38)42-18-8-9-20-45(42)56(46)47-21-10-11-28-51-47)31-41(30-39)50-54-48(36-14-4-2-5-15-36)53-49(55-50)37-16-6-3-7-17-37;22-17-11-16(12-18(23)13-17)21-25-19(14-7-3-1-4-8-14)24-20(26-21)15-9-5-2-6-10-15;1-17(2)18(3,4)22-19(21-17)12-9-10-16-14(11-12)13-7-5-6-8-15(13)20-16;1-9-3-2-4-12(14-9)10-5-7-11(8-6-10)13(15)16;6-5-3-1-2-4-7-5/h2-32H,1H3;1-13H;5-11,20H,1-4H3;2-8,15-16H,1H3;1-4H. The van der Waals surface area contributed by atoms with Gasteiger partial charge in [0.25, 0.3) is 0 Å². The second-order valence-corrected chi connectivity index (χ2v) is 33.6. The lowest BCUT2D eigenvalue weighted by Crippen LogP contribution is -2.41. The molecule has 0 amide bonds. The Balaban J connectivity index is 0.000000131. The molecule has 21 rings (SSSR count). The molecule has 0 unspecified atom stereocenters. The molecule has 1 fully saturated rings. The van der Waals surface area contributed by atoms with Gasteiger partial charge in [-0.25, -0.2) is 39.9 Å². The van der Waals surface area contributed by atoms with E-state index in [-0.39, 0.29) is 18.3 Å². The molecular weight excluding hydrogens is 1720 g/mol. The van der Waals surface area contributed by atoms with Gasteiger partial charge in [-0.2, -0.15) is 0 Å². The van der Waals surface area contributed by atoms with Crippen molar-refractivity contribution in [2.75, 3.05) is 0 Å². The van der Waals surface area contributed by atoms with E-state index in [0.717, 1.165) is 137 Å². The van der Waals surface area contributed by atoms with Gasteiger partial charge in [-0.1, -0.05) is 276 Å². The fraction of sp³-hybridized carbons (Fsp3) is 0.0755. The van der Waals surface area contributed by atoms with Crippen LogP contribution in [-0.2, 0) is 9.31 Å². The maximum absolute atomic E-state index is 8.97. The SMILES string of the molecule is Brc1ccccn1.CC1(C)OB(c2ccc3[nH]c4ccccc4c3c2)OC1(C)C.Cc1cccc(-c2ccc(-c3cc(-c4ccc5c(c4)c4ccccc4n5-c4ccccn4)cc(-c4nc(-c5ccccc5)nc(-c5ccccc5)n4)c3)cc2)n1.Cc1cccc(-c2ccc(B(O)O)cc2)n1.Clc1cc(Br)cc(-c2nc(-c3ccccc3)nc(-c3ccccc3)n2)c1. The van der Waals surface area contributed by atoms with Gasteiger partial charge in [-0.05, 0) is 206 Å². The van der Waals surface area contributed by atoms with Crippen LogP contribution >= 0.6 is 43.5 Å². The molecule has 1 saturated heterocycles. The number of aromatic nitrogens is 12. The molecule has 12 aromatic carbocycles. The summed E-state index contributed by atoms with van der Waals surface area (Å²) in [5.41, 5.74) is 21.0. The molecule has 3 N–H and O–H groups in total. The molecule has 9 heterocycles. The van der Waals surface area contributed by atoms with E-state index < -0.39 is 7.12 Å². The van der Waals surface area contributed by atoms with Crippen molar-refractivity contribution in [3.05, 3.63) is 402 Å². The lowest BCUT2D eigenvalue weighted by Gasteiger charge is -2.32. The lowest BCUT2D eigenvalue weighted by atomic mass is 9.78. The van der Waals surface area contributed by atoms with Crippen molar-refractivity contribution in [2.45, 2.75) is 52.7 Å². The number of hydrogen-bond acceptors (Lipinski definition) is 14. The van der Waals surface area contributed by atoms with Crippen LogP contribution in [0.4, 0.5) is 0 Å². The topological polar surface area (TPSA) is 209 Å². The Bertz CT molecular complexity index is 7110. The summed E-state index contributed by atoms with van der Waals surface area (Å²) in [5.74, 6) is 4.59. The number of pyridine rings is 4. The summed E-state index contributed by atoms with van der Waals surface area (Å²) in [6.45, 7) is 12.3. The van der Waals surface area contributed by atoms with Gasteiger partial charge in [0.15, 0.2) is 34.9 Å². The van der Waals surface area contributed by atoms with Crippen LogP contribution in [0.3, 0.4) is 0 Å². The van der Waals surface area contributed by atoms with Gasteiger partial charge in [-0.3, -0.25) is 14.5 Å². The number of para-hydroxylation sites is 2. The molecule has 0 radical (unpaired) electrons. The number of halogens is 3. The fourth-order valence-electron chi connectivity index (χ4n) is 14.9. The molecule has 20 aromatic rings. The first-order valence-electron chi connectivity index (χ1n) is 41.4. The van der Waals surface area contributed by atoms with Crippen LogP contribution in [0.5, 0.6) is 0 Å². The predicted octanol–water partition coefficient (Wildman–Crippen LogP) is 24.6. The zero-order valence-electron chi connectivity index (χ0n) is 70.2. The van der Waals surface area contributed by atoms with Crippen molar-refractivity contribution in [2.24, 2.45) is 0 Å². The van der Waals surface area contributed by atoms with E-state index in [9.17, 15) is 0 Å². The highest BCUT2D eigenvalue weighted by molar-refractivity contribution is 9.10. The largest absolute Gasteiger partial charge is 0.494 e. The number of fused-ring (bicyclic) bond motifs is 6. The van der Waals surface area contributed by atoms with Crippen molar-refractivity contribution in [1.82, 2.24) is 59.4 Å². The Morgan fingerprint density at radius 1 is 0.339 bits per heavy atom. The number of nitrogens with zero attached hydrogens (tertiary/aromatic N) is 11. The highest BCUT2D eigenvalue weighted by Crippen LogP contribution is 2.41. The Labute approximate surface area is 758 Å². The summed E-state index contributed by atoms with van der Waals surface area (Å²) in [6, 6.07) is 122. The van der Waals surface area contributed by atoms with Crippen LogP contribution in [0.2, 0.25) is 5.02 Å². The molecule has 0 spiro atoms. The normalized spacial score (nSPS) is 12.4. The number of aromatic amines is 1. The summed E-state index contributed by atoms with van der Waals surface area (Å²) in [6.07, 6.45) is 3.58. The molecule has 1 aliphatic heterocycles. The van der Waals surface area contributed by atoms with Crippen LogP contribution in [0.25, 0.3) is 163 Å². The van der Waals surface area contributed by atoms with Crippen molar-refractivity contribution < 1.29 is 19.4 Å². The summed E-state index contributed by atoms with van der Waals surface area (Å²) in [4.78, 5) is 50.4. The minimum atomic E-state index is -1.42. The Morgan fingerprint density at radius 2 is 0.772 bits per heavy atom. The first-order valence-corrected chi connectivity index (χ1v) is 43.4. The molecule has 618 valence electrons. The Hall–Kier alpha value is -13.9. The Kier molecular flexibility index (Phi) is 25.7. The van der Waals surface area contributed by atoms with Gasteiger partial charge >= 0.3 is 14.2 Å². The number of rotatable bonds is 13. The van der Waals surface area contributed by atoms with Gasteiger partial charge < -0.3 is 24.3 Å². The lowest BCUT2D eigenvalue weighted by molar-refractivity contribution is 0.00578. The molecular formula is C106H83B2Br2ClN12O4. The molecule has 0 aliphatic carbocycles. The molecule has 21 heteroatoms. The van der Waals surface area contributed by atoms with E-state index in [2.05, 4.69) is 227 Å². The molecule has 1 aliphatic rings. The smallest absolute Gasteiger partial charge is 0.423 e. The van der Waals surface area contributed by atoms with E-state index in [0.29, 0.717) is 45.4 Å². The van der Waals surface area contributed by atoms with Crippen LogP contribution < -0.4 is 10.9 Å². The summed E-state index contributed by atoms with van der Waals surface area (Å²) >= 11 is 12.9. The van der Waals surface area contributed by atoms with Crippen LogP contribution in [-0.4, -0.2) is 94.9 Å². The van der Waals surface area contributed by atoms with Crippen molar-refractivity contribution in [3.63, 3.8) is 0 Å². The van der Waals surface area contributed by atoms with E-state index in [1.165, 1.54) is 16.2 Å². The number of nitrogens with one attached hydrogen (secondary N) is 1. The second-order valence-electron chi connectivity index (χ2n) is 31.4. The summed E-state index contributed by atoms with van der Waals surface area (Å²) in [7, 11) is -1.73. The van der Waals surface area contributed by atoms with Crippen LogP contribution in [0.1, 0.15) is 39.1 Å². The minimum Gasteiger partial charge on any atom is -0.423 e. The molecule has 0 bridgehead atoms. The number of benzene rings is 12. The minimum absolute atomic E-state index is 0.313. The van der Waals surface area contributed by atoms with E-state index in [1.807, 2.05) is 238 Å². The quantitative estimate of drug-likeness (QED) is 0.0725. The van der Waals surface area contributed by atoms with Gasteiger partial charge in [0.05, 0.1) is 33.6 Å². The monoisotopic (exact) mass is 1800 g/mol. The molecule has 127 heavy (non-hydrogen) atoms. The second kappa shape index (κ2) is 38.3. The van der Waals surface area contributed by atoms with E-state index in [1.54, 1.807) is 18.3 Å². The zero-order chi connectivity index (χ0) is 87.5. The zero-order valence-corrected chi connectivity index (χ0v) is 74.1. The molecule has 16 nitrogen and oxygen atoms in total. The van der Waals surface area contributed by atoms with Gasteiger partial charge in [0.2, 0.25) is 0 Å². The summed E-state index contributed by atoms with van der Waals surface area (Å²) in [5, 5.41) is 23.3. The predicted molar refractivity (Wildman–Crippen MR) is 524 cm³/mol. The highest BCUT2D eigenvalue weighted by atomic mass is 79.9. The molecule has 0 saturated carbocycles. The van der Waals surface area contributed by atoms with E-state index in [4.69, 9.17) is 55.9 Å². The molecule has 0 atom stereocenters. The first kappa shape index (κ1) is 85.3. The molecule has 8 aromatic heterocycles. The third kappa shape index (κ3) is 19.9. The maximum Gasteiger partial charge on any atom is 0.494 e. The van der Waals surface area contributed by atoms with Crippen LogP contribution in [0.15, 0.2) is 385 Å². The van der Waals surface area contributed by atoms with E-state index >= 15 is 0 Å². The number of aryl methyl sites for hydroxylation is 2. The van der Waals surface area contributed by atoms with Crippen molar-refractivity contribution in [3.8, 4) is 119 Å². The fourth-order valence-corrected chi connectivity index (χ4v) is 16.1. The average Bonchev–Trinajstić information content (AvgIpc) is 1.67. The highest BCUT2D eigenvalue weighted by Gasteiger charge is 2.52.